The van der Waals surface area contributed by atoms with Crippen LogP contribution >= 0.6 is 0 Å². The highest BCUT2D eigenvalue weighted by atomic mass is 16.6. The minimum atomic E-state index is -1.91. The lowest BCUT2D eigenvalue weighted by Crippen LogP contribution is -2.56. The second-order valence-corrected chi connectivity index (χ2v) is 14.6. The molecule has 3 aliphatic heterocycles. The number of esters is 1. The van der Waals surface area contributed by atoms with Crippen LogP contribution in [0.5, 0.6) is 5.75 Å². The van der Waals surface area contributed by atoms with Crippen molar-refractivity contribution in [2.75, 3.05) is 24.7 Å². The zero-order valence-corrected chi connectivity index (χ0v) is 31.9. The van der Waals surface area contributed by atoms with E-state index in [1.807, 2.05) is 109 Å². The number of cyclic esters (lactones) is 1. The van der Waals surface area contributed by atoms with E-state index in [4.69, 9.17) is 9.47 Å². The van der Waals surface area contributed by atoms with Crippen LogP contribution in [0.4, 0.5) is 10.5 Å². The van der Waals surface area contributed by atoms with E-state index in [2.05, 4.69) is 17.2 Å². The van der Waals surface area contributed by atoms with Crippen LogP contribution in [0, 0.1) is 5.92 Å². The summed E-state index contributed by atoms with van der Waals surface area (Å²) in [5.74, 6) is -3.04. The molecule has 11 heteroatoms. The number of ether oxygens (including phenoxy) is 2. The SMILES string of the molecule is C=CCNC(=O)[C@H]1[C@@H]2C(=O)O[C@@H](c3ccccc3)[C@@H](c3ccccc3)N2[C@@H](c2ccccc2OCCO)[C@]12C(=O)N(C(=O)N[C@H](C)c1ccccc1)c1ccccc12. The summed E-state index contributed by atoms with van der Waals surface area (Å²) in [6.45, 7) is 5.34. The number of morpholine rings is 1. The number of carbonyl (C=O) groups excluding carboxylic acids is 4. The lowest BCUT2D eigenvalue weighted by molar-refractivity contribution is -0.178. The number of fused-ring (bicyclic) bond motifs is 3. The molecule has 3 N–H and O–H groups in total. The number of aliphatic hydroxyl groups excluding tert-OH is 1. The molecular formula is C47H44N4O7. The third-order valence-electron chi connectivity index (χ3n) is 11.5. The minimum Gasteiger partial charge on any atom is -0.491 e. The number of amides is 4. The van der Waals surface area contributed by atoms with Gasteiger partial charge in [-0.1, -0.05) is 133 Å². The molecule has 58 heavy (non-hydrogen) atoms. The number of anilines is 1. The van der Waals surface area contributed by atoms with Gasteiger partial charge in [0.15, 0.2) is 0 Å². The molecule has 2 saturated heterocycles. The van der Waals surface area contributed by atoms with Crippen LogP contribution in [-0.2, 0) is 24.5 Å². The predicted octanol–water partition coefficient (Wildman–Crippen LogP) is 6.50. The molecule has 7 atom stereocenters. The second-order valence-electron chi connectivity index (χ2n) is 14.6. The molecule has 11 nitrogen and oxygen atoms in total. The first kappa shape index (κ1) is 38.3. The first-order valence-corrected chi connectivity index (χ1v) is 19.4. The molecule has 3 aliphatic rings. The fraction of sp³-hybridized carbons (Fsp3) is 0.234. The van der Waals surface area contributed by atoms with Gasteiger partial charge in [-0.2, -0.15) is 0 Å². The molecule has 0 unspecified atom stereocenters. The smallest absolute Gasteiger partial charge is 0.329 e. The average molecular weight is 777 g/mol. The highest BCUT2D eigenvalue weighted by Gasteiger charge is 2.75. The number of aliphatic hydroxyl groups is 1. The Bertz CT molecular complexity index is 2320. The van der Waals surface area contributed by atoms with Gasteiger partial charge in [-0.3, -0.25) is 19.3 Å². The van der Waals surface area contributed by atoms with Gasteiger partial charge >= 0.3 is 12.0 Å². The van der Waals surface area contributed by atoms with Gasteiger partial charge in [0.1, 0.15) is 29.9 Å². The summed E-state index contributed by atoms with van der Waals surface area (Å²) in [4.78, 5) is 63.9. The molecule has 0 saturated carbocycles. The molecule has 1 spiro atoms. The van der Waals surface area contributed by atoms with Crippen molar-refractivity contribution in [1.29, 1.82) is 0 Å². The number of rotatable bonds is 11. The third kappa shape index (κ3) is 6.32. The van der Waals surface area contributed by atoms with E-state index in [0.29, 0.717) is 16.9 Å². The number of nitrogens with zero attached hydrogens (tertiary/aromatic N) is 2. The van der Waals surface area contributed by atoms with Crippen LogP contribution in [-0.4, -0.2) is 59.6 Å². The van der Waals surface area contributed by atoms with Crippen molar-refractivity contribution in [2.45, 2.75) is 42.6 Å². The number of imide groups is 1. The zero-order valence-electron chi connectivity index (χ0n) is 31.9. The van der Waals surface area contributed by atoms with Crippen molar-refractivity contribution in [1.82, 2.24) is 15.5 Å². The van der Waals surface area contributed by atoms with Gasteiger partial charge in [0.25, 0.3) is 0 Å². The Hall–Kier alpha value is -6.56. The van der Waals surface area contributed by atoms with E-state index < -0.39 is 65.4 Å². The number of urea groups is 1. The Morgan fingerprint density at radius 1 is 0.845 bits per heavy atom. The largest absolute Gasteiger partial charge is 0.491 e. The fourth-order valence-electron chi connectivity index (χ4n) is 9.19. The highest BCUT2D eigenvalue weighted by molar-refractivity contribution is 6.24. The van der Waals surface area contributed by atoms with Gasteiger partial charge in [0.2, 0.25) is 11.8 Å². The number of carbonyl (C=O) groups is 4. The van der Waals surface area contributed by atoms with Crippen LogP contribution in [0.1, 0.15) is 59.0 Å². The molecule has 0 radical (unpaired) electrons. The van der Waals surface area contributed by atoms with Crippen LogP contribution in [0.2, 0.25) is 0 Å². The minimum absolute atomic E-state index is 0.0530. The lowest BCUT2D eigenvalue weighted by Gasteiger charge is -2.46. The van der Waals surface area contributed by atoms with Gasteiger partial charge < -0.3 is 25.2 Å². The van der Waals surface area contributed by atoms with E-state index in [1.54, 1.807) is 42.5 Å². The maximum atomic E-state index is 16.1. The number of hydrogen-bond donors (Lipinski definition) is 3. The molecule has 5 aromatic rings. The monoisotopic (exact) mass is 776 g/mol. The Morgan fingerprint density at radius 2 is 1.47 bits per heavy atom. The molecule has 2 fully saturated rings. The van der Waals surface area contributed by atoms with E-state index in [9.17, 15) is 9.90 Å². The number of para-hydroxylation sites is 2. The topological polar surface area (TPSA) is 138 Å². The van der Waals surface area contributed by atoms with Crippen LogP contribution in [0.15, 0.2) is 152 Å². The van der Waals surface area contributed by atoms with E-state index in [1.165, 1.54) is 6.08 Å². The predicted molar refractivity (Wildman–Crippen MR) is 218 cm³/mol. The van der Waals surface area contributed by atoms with Gasteiger partial charge in [0.05, 0.1) is 36.3 Å². The van der Waals surface area contributed by atoms with E-state index in [-0.39, 0.29) is 25.4 Å². The molecule has 5 aromatic carbocycles. The van der Waals surface area contributed by atoms with Crippen molar-refractivity contribution in [2.24, 2.45) is 5.92 Å². The number of nitrogens with one attached hydrogen (secondary N) is 2. The van der Waals surface area contributed by atoms with Crippen molar-refractivity contribution < 1.29 is 33.8 Å². The van der Waals surface area contributed by atoms with Crippen LogP contribution < -0.4 is 20.3 Å². The highest BCUT2D eigenvalue weighted by Crippen LogP contribution is 2.66. The standard InChI is InChI=1S/C47H44N4O7/c1-3-27-48-43(53)38-40-44(54)58-41(33-21-11-6-12-22-33)39(32-19-9-5-10-20-32)51(40)42(34-23-13-16-26-37(34)57-29-28-52)47(38)35-24-14-15-25-36(35)50(45(47)55)46(56)49-30(2)31-17-7-4-8-18-31/h3-26,30,38-42,52H,1,27-29H2,2H3,(H,48,53)(H,49,56)/t30-,38-,39-,40-,41+,42+,47-/m1/s1. The quantitative estimate of drug-likeness (QED) is 0.102. The number of hydrogen-bond acceptors (Lipinski definition) is 8. The summed E-state index contributed by atoms with van der Waals surface area (Å²) >= 11 is 0. The van der Waals surface area contributed by atoms with E-state index >= 15 is 14.4 Å². The second kappa shape index (κ2) is 16.1. The Labute approximate surface area is 336 Å². The van der Waals surface area contributed by atoms with Crippen molar-refractivity contribution in [3.8, 4) is 5.75 Å². The summed E-state index contributed by atoms with van der Waals surface area (Å²) in [6.07, 6.45) is 0.657. The molecule has 294 valence electrons. The van der Waals surface area contributed by atoms with Gasteiger partial charge in [0, 0.05) is 12.1 Å². The molecule has 8 rings (SSSR count). The molecule has 4 amide bonds. The van der Waals surface area contributed by atoms with Crippen molar-refractivity contribution in [3.63, 3.8) is 0 Å². The third-order valence-corrected chi connectivity index (χ3v) is 11.5. The Balaban J connectivity index is 1.42. The lowest BCUT2D eigenvalue weighted by atomic mass is 9.65. The fourth-order valence-corrected chi connectivity index (χ4v) is 9.19. The maximum absolute atomic E-state index is 16.1. The molecule has 3 heterocycles. The Kier molecular flexibility index (Phi) is 10.7. The molecular weight excluding hydrogens is 733 g/mol. The summed E-state index contributed by atoms with van der Waals surface area (Å²) in [6, 6.07) is 38.1. The maximum Gasteiger partial charge on any atom is 0.329 e. The van der Waals surface area contributed by atoms with Crippen LogP contribution in [0.3, 0.4) is 0 Å². The molecule has 0 aliphatic carbocycles. The van der Waals surface area contributed by atoms with Gasteiger partial charge in [-0.25, -0.2) is 9.69 Å². The van der Waals surface area contributed by atoms with Gasteiger partial charge in [-0.15, -0.1) is 6.58 Å². The summed E-state index contributed by atoms with van der Waals surface area (Å²) in [5, 5.41) is 15.9. The summed E-state index contributed by atoms with van der Waals surface area (Å²) < 4.78 is 12.7. The van der Waals surface area contributed by atoms with Crippen molar-refractivity contribution in [3.05, 3.63) is 180 Å². The zero-order chi connectivity index (χ0) is 40.4. The molecule has 0 aromatic heterocycles. The molecule has 0 bridgehead atoms. The average Bonchev–Trinajstić information content (AvgIpc) is 3.72. The normalized spacial score (nSPS) is 24.0. The summed E-state index contributed by atoms with van der Waals surface area (Å²) in [5.41, 5.74) is 1.59. The van der Waals surface area contributed by atoms with Crippen molar-refractivity contribution >= 4 is 29.5 Å². The van der Waals surface area contributed by atoms with Crippen LogP contribution in [0.25, 0.3) is 0 Å². The van der Waals surface area contributed by atoms with Gasteiger partial charge in [-0.05, 0) is 41.3 Å². The summed E-state index contributed by atoms with van der Waals surface area (Å²) in [7, 11) is 0. The van der Waals surface area contributed by atoms with E-state index in [0.717, 1.165) is 21.6 Å². The number of benzene rings is 5. The Morgan fingerprint density at radius 3 is 2.16 bits per heavy atom. The first-order valence-electron chi connectivity index (χ1n) is 19.4. The first-order chi connectivity index (χ1) is 28.3.